The minimum atomic E-state index is 0.619. The van der Waals surface area contributed by atoms with Crippen LogP contribution in [0.5, 0.6) is 0 Å². The Morgan fingerprint density at radius 1 is 1.00 bits per heavy atom. The predicted octanol–water partition coefficient (Wildman–Crippen LogP) is 3.24. The van der Waals surface area contributed by atoms with E-state index >= 15 is 0 Å². The van der Waals surface area contributed by atoms with Crippen molar-refractivity contribution in [2.24, 2.45) is 10.9 Å². The van der Waals surface area contributed by atoms with Crippen LogP contribution in [-0.2, 0) is 0 Å². The van der Waals surface area contributed by atoms with Gasteiger partial charge in [0.15, 0.2) is 5.96 Å². The second kappa shape index (κ2) is 11.8. The number of unbranched alkanes of at least 4 members (excludes halogenated alkanes) is 4. The molecule has 0 spiro atoms. The highest BCUT2D eigenvalue weighted by Crippen LogP contribution is 2.23. The highest BCUT2D eigenvalue weighted by molar-refractivity contribution is 5.79. The molecule has 0 atom stereocenters. The summed E-state index contributed by atoms with van der Waals surface area (Å²) in [7, 11) is 6.17. The molecule has 130 valence electrons. The minimum Gasteiger partial charge on any atom is -0.356 e. The summed E-state index contributed by atoms with van der Waals surface area (Å²) in [6.45, 7) is 4.62. The molecule has 0 aromatic carbocycles. The highest BCUT2D eigenvalue weighted by atomic mass is 15.2. The fraction of sp³-hybridized carbons (Fsp3) is 0.944. The van der Waals surface area contributed by atoms with Crippen LogP contribution in [0.3, 0.4) is 0 Å². The van der Waals surface area contributed by atoms with Crippen molar-refractivity contribution in [3.63, 3.8) is 0 Å². The van der Waals surface area contributed by atoms with Crippen LogP contribution in [0.1, 0.15) is 64.7 Å². The van der Waals surface area contributed by atoms with Crippen molar-refractivity contribution in [1.82, 2.24) is 15.5 Å². The summed E-state index contributed by atoms with van der Waals surface area (Å²) in [5, 5.41) is 7.05. The van der Waals surface area contributed by atoms with E-state index in [-0.39, 0.29) is 0 Å². The molecular weight excluding hydrogens is 272 g/mol. The first kappa shape index (κ1) is 19.3. The van der Waals surface area contributed by atoms with Crippen LogP contribution in [0.2, 0.25) is 0 Å². The molecule has 0 bridgehead atoms. The van der Waals surface area contributed by atoms with Crippen LogP contribution in [0.15, 0.2) is 4.99 Å². The maximum absolute atomic E-state index is 4.36. The SMILES string of the molecule is CN=C(NCCCCCCCN(C)C)NC1CCC(C)CC1. The molecule has 0 aliphatic heterocycles. The van der Waals surface area contributed by atoms with Gasteiger partial charge in [0.25, 0.3) is 0 Å². The fourth-order valence-electron chi connectivity index (χ4n) is 3.08. The van der Waals surface area contributed by atoms with Gasteiger partial charge in [0.05, 0.1) is 0 Å². The average Bonchev–Trinajstić information content (AvgIpc) is 2.50. The molecule has 0 unspecified atom stereocenters. The summed E-state index contributed by atoms with van der Waals surface area (Å²) in [6.07, 6.45) is 11.9. The first-order valence-electron chi connectivity index (χ1n) is 9.23. The molecule has 1 rings (SSSR count). The Labute approximate surface area is 138 Å². The maximum atomic E-state index is 4.36. The molecular formula is C18H38N4. The third-order valence-electron chi connectivity index (χ3n) is 4.65. The van der Waals surface area contributed by atoms with E-state index < -0.39 is 0 Å². The Morgan fingerprint density at radius 3 is 2.27 bits per heavy atom. The van der Waals surface area contributed by atoms with Gasteiger partial charge in [-0.25, -0.2) is 0 Å². The molecule has 0 radical (unpaired) electrons. The molecule has 1 aliphatic carbocycles. The quantitative estimate of drug-likeness (QED) is 0.390. The van der Waals surface area contributed by atoms with Gasteiger partial charge in [-0.1, -0.05) is 26.2 Å². The standard InChI is InChI=1S/C18H38N4/c1-16-10-12-17(13-11-16)21-18(19-2)20-14-8-6-5-7-9-15-22(3)4/h16-17H,5-15H2,1-4H3,(H2,19,20,21). The van der Waals surface area contributed by atoms with Gasteiger partial charge in [0, 0.05) is 19.6 Å². The molecule has 22 heavy (non-hydrogen) atoms. The summed E-state index contributed by atoms with van der Waals surface area (Å²) < 4.78 is 0. The molecule has 1 saturated carbocycles. The fourth-order valence-corrected chi connectivity index (χ4v) is 3.08. The molecule has 0 heterocycles. The Hall–Kier alpha value is -0.770. The predicted molar refractivity (Wildman–Crippen MR) is 97.6 cm³/mol. The number of hydrogen-bond acceptors (Lipinski definition) is 2. The monoisotopic (exact) mass is 310 g/mol. The summed E-state index contributed by atoms with van der Waals surface area (Å²) in [4.78, 5) is 6.62. The molecule has 0 aromatic rings. The van der Waals surface area contributed by atoms with Crippen molar-refractivity contribution in [3.05, 3.63) is 0 Å². The van der Waals surface area contributed by atoms with E-state index in [0.717, 1.165) is 18.4 Å². The van der Waals surface area contributed by atoms with Gasteiger partial charge in [-0.3, -0.25) is 4.99 Å². The zero-order valence-electron chi connectivity index (χ0n) is 15.3. The zero-order valence-corrected chi connectivity index (χ0v) is 15.3. The van der Waals surface area contributed by atoms with Crippen molar-refractivity contribution in [3.8, 4) is 0 Å². The van der Waals surface area contributed by atoms with Gasteiger partial charge >= 0.3 is 0 Å². The average molecular weight is 311 g/mol. The molecule has 0 amide bonds. The van der Waals surface area contributed by atoms with Gasteiger partial charge in [-0.2, -0.15) is 0 Å². The van der Waals surface area contributed by atoms with Gasteiger partial charge in [-0.15, -0.1) is 0 Å². The molecule has 4 heteroatoms. The van der Waals surface area contributed by atoms with Crippen molar-refractivity contribution < 1.29 is 0 Å². The van der Waals surface area contributed by atoms with Crippen LogP contribution >= 0.6 is 0 Å². The third kappa shape index (κ3) is 9.29. The number of nitrogens with one attached hydrogen (secondary N) is 2. The van der Waals surface area contributed by atoms with Crippen LogP contribution in [0, 0.1) is 5.92 Å². The van der Waals surface area contributed by atoms with E-state index in [4.69, 9.17) is 0 Å². The van der Waals surface area contributed by atoms with Gasteiger partial charge in [0.1, 0.15) is 0 Å². The Bertz CT molecular complexity index is 293. The van der Waals surface area contributed by atoms with Crippen LogP contribution in [0.25, 0.3) is 0 Å². The lowest BCUT2D eigenvalue weighted by Gasteiger charge is -2.28. The highest BCUT2D eigenvalue weighted by Gasteiger charge is 2.18. The third-order valence-corrected chi connectivity index (χ3v) is 4.65. The normalized spacial score (nSPS) is 22.9. The first-order chi connectivity index (χ1) is 10.6. The zero-order chi connectivity index (χ0) is 16.2. The smallest absolute Gasteiger partial charge is 0.191 e. The van der Waals surface area contributed by atoms with Crippen LogP contribution < -0.4 is 10.6 Å². The lowest BCUT2D eigenvalue weighted by Crippen LogP contribution is -2.44. The molecule has 1 fully saturated rings. The number of aliphatic imine (C=N–C) groups is 1. The van der Waals surface area contributed by atoms with E-state index in [1.165, 1.54) is 64.3 Å². The molecule has 0 aromatic heterocycles. The van der Waals surface area contributed by atoms with E-state index in [2.05, 4.69) is 41.5 Å². The summed E-state index contributed by atoms with van der Waals surface area (Å²) >= 11 is 0. The van der Waals surface area contributed by atoms with Crippen LogP contribution in [-0.4, -0.2) is 51.1 Å². The number of hydrogen-bond donors (Lipinski definition) is 2. The molecule has 1 aliphatic rings. The van der Waals surface area contributed by atoms with Gasteiger partial charge < -0.3 is 15.5 Å². The van der Waals surface area contributed by atoms with E-state index in [0.29, 0.717) is 6.04 Å². The van der Waals surface area contributed by atoms with Crippen LogP contribution in [0.4, 0.5) is 0 Å². The largest absolute Gasteiger partial charge is 0.356 e. The van der Waals surface area contributed by atoms with E-state index in [1.807, 2.05) is 7.05 Å². The number of rotatable bonds is 9. The van der Waals surface area contributed by atoms with Crippen molar-refractivity contribution in [2.75, 3.05) is 34.2 Å². The number of guanidine groups is 1. The topological polar surface area (TPSA) is 39.7 Å². The van der Waals surface area contributed by atoms with Gasteiger partial charge in [0.2, 0.25) is 0 Å². The summed E-state index contributed by atoms with van der Waals surface area (Å²) in [5.41, 5.74) is 0. The minimum absolute atomic E-state index is 0.619. The lowest BCUT2D eigenvalue weighted by molar-refractivity contribution is 0.329. The number of nitrogens with zero attached hydrogens (tertiary/aromatic N) is 2. The van der Waals surface area contributed by atoms with E-state index in [9.17, 15) is 0 Å². The van der Waals surface area contributed by atoms with Crippen molar-refractivity contribution >= 4 is 5.96 Å². The lowest BCUT2D eigenvalue weighted by atomic mass is 9.87. The first-order valence-corrected chi connectivity index (χ1v) is 9.23. The second-order valence-electron chi connectivity index (χ2n) is 7.17. The van der Waals surface area contributed by atoms with Gasteiger partial charge in [-0.05, 0) is 65.1 Å². The molecule has 4 nitrogen and oxygen atoms in total. The Kier molecular flexibility index (Phi) is 10.3. The molecule has 2 N–H and O–H groups in total. The maximum Gasteiger partial charge on any atom is 0.191 e. The Balaban J connectivity index is 2.00. The molecule has 0 saturated heterocycles. The van der Waals surface area contributed by atoms with Crippen molar-refractivity contribution in [1.29, 1.82) is 0 Å². The second-order valence-corrected chi connectivity index (χ2v) is 7.17. The summed E-state index contributed by atoms with van der Waals surface area (Å²) in [6, 6.07) is 0.619. The summed E-state index contributed by atoms with van der Waals surface area (Å²) in [5.74, 6) is 1.90. The Morgan fingerprint density at radius 2 is 1.64 bits per heavy atom. The van der Waals surface area contributed by atoms with E-state index in [1.54, 1.807) is 0 Å². The van der Waals surface area contributed by atoms with Crippen molar-refractivity contribution in [2.45, 2.75) is 70.8 Å².